The van der Waals surface area contributed by atoms with Crippen molar-refractivity contribution in [1.82, 2.24) is 20.2 Å². The molecule has 21 heavy (non-hydrogen) atoms. The quantitative estimate of drug-likeness (QED) is 0.848. The van der Waals surface area contributed by atoms with Crippen LogP contribution in [-0.2, 0) is 0 Å². The van der Waals surface area contributed by atoms with Crippen LogP contribution in [0, 0.1) is 0 Å². The molecule has 3 rings (SSSR count). The lowest BCUT2D eigenvalue weighted by molar-refractivity contribution is 0.0660. The summed E-state index contributed by atoms with van der Waals surface area (Å²) in [5.41, 5.74) is 0. The van der Waals surface area contributed by atoms with E-state index in [1.165, 1.54) is 30.7 Å². The van der Waals surface area contributed by atoms with Crippen molar-refractivity contribution in [3.63, 3.8) is 0 Å². The van der Waals surface area contributed by atoms with Crippen LogP contribution >= 0.6 is 11.8 Å². The minimum atomic E-state index is -1.06. The fraction of sp³-hybridized carbons (Fsp3) is 0.538. The van der Waals surface area contributed by atoms with Crippen LogP contribution in [0.5, 0.6) is 0 Å². The molecule has 1 N–H and O–H groups in total. The standard InChI is InChI=1S/C13H16N4O3S/c1-8(10-6-7-11(20-10)12(18)19)21-13-14-15-16-17(13)9-4-2-3-5-9/h6-9H,2-5H2,1H3,(H,18,19). The first-order valence-corrected chi connectivity index (χ1v) is 7.80. The molecule has 2 aromatic rings. The molecule has 0 bridgehead atoms. The van der Waals surface area contributed by atoms with Crippen molar-refractivity contribution in [2.24, 2.45) is 0 Å². The van der Waals surface area contributed by atoms with Crippen LogP contribution in [0.25, 0.3) is 0 Å². The van der Waals surface area contributed by atoms with Crippen LogP contribution in [0.4, 0.5) is 0 Å². The summed E-state index contributed by atoms with van der Waals surface area (Å²) in [5, 5.41) is 21.5. The van der Waals surface area contributed by atoms with Gasteiger partial charge in [0, 0.05) is 0 Å². The van der Waals surface area contributed by atoms with E-state index in [0.29, 0.717) is 11.8 Å². The number of carbonyl (C=O) groups is 1. The van der Waals surface area contributed by atoms with Gasteiger partial charge in [-0.15, -0.1) is 5.10 Å². The molecule has 7 nitrogen and oxygen atoms in total. The number of furan rings is 1. The average Bonchev–Trinajstić information content (AvgIpc) is 3.19. The molecule has 1 unspecified atom stereocenters. The number of carboxylic acid groups (broad SMARTS) is 1. The first-order valence-electron chi connectivity index (χ1n) is 6.92. The zero-order valence-electron chi connectivity index (χ0n) is 11.6. The molecule has 2 heterocycles. The number of thioether (sulfide) groups is 1. The van der Waals surface area contributed by atoms with Gasteiger partial charge in [-0.05, 0) is 42.3 Å². The fourth-order valence-corrected chi connectivity index (χ4v) is 3.48. The monoisotopic (exact) mass is 308 g/mol. The third kappa shape index (κ3) is 2.94. The van der Waals surface area contributed by atoms with Crippen molar-refractivity contribution in [3.8, 4) is 0 Å². The molecular formula is C13H16N4O3S. The first kappa shape index (κ1) is 14.1. The molecule has 1 aliphatic carbocycles. The van der Waals surface area contributed by atoms with Crippen LogP contribution in [0.3, 0.4) is 0 Å². The van der Waals surface area contributed by atoms with Gasteiger partial charge in [-0.25, -0.2) is 9.48 Å². The van der Waals surface area contributed by atoms with E-state index in [4.69, 9.17) is 9.52 Å². The maximum atomic E-state index is 10.8. The summed E-state index contributed by atoms with van der Waals surface area (Å²) in [7, 11) is 0. The van der Waals surface area contributed by atoms with Crippen LogP contribution in [0.2, 0.25) is 0 Å². The highest BCUT2D eigenvalue weighted by Gasteiger charge is 2.24. The summed E-state index contributed by atoms with van der Waals surface area (Å²) in [6, 6.07) is 3.53. The van der Waals surface area contributed by atoms with E-state index >= 15 is 0 Å². The van der Waals surface area contributed by atoms with Crippen molar-refractivity contribution in [1.29, 1.82) is 0 Å². The van der Waals surface area contributed by atoms with Gasteiger partial charge >= 0.3 is 5.97 Å². The highest BCUT2D eigenvalue weighted by atomic mass is 32.2. The number of aromatic nitrogens is 4. The van der Waals surface area contributed by atoms with E-state index in [1.54, 1.807) is 6.07 Å². The third-order valence-electron chi connectivity index (χ3n) is 3.65. The number of hydrogen-bond acceptors (Lipinski definition) is 6. The second kappa shape index (κ2) is 5.88. The fourth-order valence-electron chi connectivity index (χ4n) is 2.54. The van der Waals surface area contributed by atoms with E-state index in [9.17, 15) is 4.79 Å². The Balaban J connectivity index is 1.73. The Bertz CT molecular complexity index is 633. The predicted molar refractivity (Wildman–Crippen MR) is 75.3 cm³/mol. The summed E-state index contributed by atoms with van der Waals surface area (Å²) >= 11 is 1.48. The maximum Gasteiger partial charge on any atom is 0.371 e. The summed E-state index contributed by atoms with van der Waals surface area (Å²) in [6.45, 7) is 1.95. The normalized spacial score (nSPS) is 17.2. The minimum absolute atomic E-state index is 0.0483. The number of hydrogen-bond donors (Lipinski definition) is 1. The van der Waals surface area contributed by atoms with Crippen LogP contribution < -0.4 is 0 Å². The molecule has 0 saturated heterocycles. The third-order valence-corrected chi connectivity index (χ3v) is 4.72. The molecule has 8 heteroatoms. The van der Waals surface area contributed by atoms with Gasteiger partial charge in [0.2, 0.25) is 10.9 Å². The van der Waals surface area contributed by atoms with Crippen LogP contribution in [0.15, 0.2) is 21.7 Å². The molecule has 0 spiro atoms. The zero-order valence-corrected chi connectivity index (χ0v) is 12.4. The molecule has 0 amide bonds. The molecule has 1 fully saturated rings. The second-order valence-electron chi connectivity index (χ2n) is 5.11. The molecule has 0 aromatic carbocycles. The van der Waals surface area contributed by atoms with Crippen LogP contribution in [-0.4, -0.2) is 31.3 Å². The predicted octanol–water partition coefficient (Wildman–Crippen LogP) is 2.93. The Morgan fingerprint density at radius 2 is 2.24 bits per heavy atom. The Morgan fingerprint density at radius 3 is 2.90 bits per heavy atom. The summed E-state index contributed by atoms with van der Waals surface area (Å²) < 4.78 is 7.21. The Morgan fingerprint density at radius 1 is 1.48 bits per heavy atom. The van der Waals surface area contributed by atoms with Gasteiger partial charge in [0.1, 0.15) is 5.76 Å². The highest BCUT2D eigenvalue weighted by Crippen LogP contribution is 2.37. The van der Waals surface area contributed by atoms with E-state index in [-0.39, 0.29) is 11.0 Å². The number of aromatic carboxylic acids is 1. The Labute approximate surface area is 125 Å². The lowest BCUT2D eigenvalue weighted by Crippen LogP contribution is -2.08. The van der Waals surface area contributed by atoms with Crippen molar-refractivity contribution in [2.75, 3.05) is 0 Å². The van der Waals surface area contributed by atoms with Gasteiger partial charge in [-0.2, -0.15) is 0 Å². The van der Waals surface area contributed by atoms with Crippen molar-refractivity contribution >= 4 is 17.7 Å². The summed E-state index contributed by atoms with van der Waals surface area (Å²) in [6.07, 6.45) is 4.64. The number of nitrogens with zero attached hydrogens (tertiary/aromatic N) is 4. The van der Waals surface area contributed by atoms with E-state index in [0.717, 1.165) is 18.0 Å². The average molecular weight is 308 g/mol. The lowest BCUT2D eigenvalue weighted by Gasteiger charge is -2.12. The van der Waals surface area contributed by atoms with Gasteiger partial charge in [0.25, 0.3) is 0 Å². The summed E-state index contributed by atoms with van der Waals surface area (Å²) in [5.74, 6) is -0.500. The number of rotatable bonds is 5. The first-order chi connectivity index (χ1) is 10.1. The van der Waals surface area contributed by atoms with Gasteiger partial charge < -0.3 is 9.52 Å². The SMILES string of the molecule is CC(Sc1nnnn1C1CCCC1)c1ccc(C(=O)O)o1. The van der Waals surface area contributed by atoms with Crippen molar-refractivity contribution in [3.05, 3.63) is 23.7 Å². The van der Waals surface area contributed by atoms with Crippen molar-refractivity contribution < 1.29 is 14.3 Å². The molecule has 1 atom stereocenters. The minimum Gasteiger partial charge on any atom is -0.475 e. The van der Waals surface area contributed by atoms with Gasteiger partial charge in [-0.3, -0.25) is 0 Å². The molecule has 0 radical (unpaired) electrons. The molecule has 0 aliphatic heterocycles. The van der Waals surface area contributed by atoms with E-state index in [2.05, 4.69) is 15.5 Å². The Hall–Kier alpha value is -1.83. The highest BCUT2D eigenvalue weighted by molar-refractivity contribution is 7.99. The molecule has 1 saturated carbocycles. The second-order valence-corrected chi connectivity index (χ2v) is 6.42. The zero-order chi connectivity index (χ0) is 14.8. The van der Waals surface area contributed by atoms with Crippen LogP contribution in [0.1, 0.15) is 60.2 Å². The maximum absolute atomic E-state index is 10.8. The molecule has 112 valence electrons. The molecule has 2 aromatic heterocycles. The van der Waals surface area contributed by atoms with Crippen molar-refractivity contribution in [2.45, 2.75) is 49.1 Å². The van der Waals surface area contributed by atoms with Gasteiger partial charge in [-0.1, -0.05) is 24.6 Å². The van der Waals surface area contributed by atoms with Gasteiger partial charge in [0.05, 0.1) is 11.3 Å². The van der Waals surface area contributed by atoms with E-state index < -0.39 is 5.97 Å². The Kier molecular flexibility index (Phi) is 3.96. The number of tetrazole rings is 1. The summed E-state index contributed by atoms with van der Waals surface area (Å²) in [4.78, 5) is 10.8. The smallest absolute Gasteiger partial charge is 0.371 e. The molecule has 1 aliphatic rings. The van der Waals surface area contributed by atoms with Gasteiger partial charge in [0.15, 0.2) is 0 Å². The largest absolute Gasteiger partial charge is 0.475 e. The number of carboxylic acids is 1. The van der Waals surface area contributed by atoms with E-state index in [1.807, 2.05) is 11.6 Å². The topological polar surface area (TPSA) is 94.0 Å². The molecular weight excluding hydrogens is 292 g/mol. The lowest BCUT2D eigenvalue weighted by atomic mass is 10.3.